The molecule has 0 aromatic heterocycles. The lowest BCUT2D eigenvalue weighted by Crippen LogP contribution is -2.59. The minimum atomic E-state index is -0.397. The Labute approximate surface area is 149 Å². The highest BCUT2D eigenvalue weighted by Gasteiger charge is 2.48. The van der Waals surface area contributed by atoms with Gasteiger partial charge in [-0.1, -0.05) is 55.0 Å². The van der Waals surface area contributed by atoms with Gasteiger partial charge >= 0.3 is 0 Å². The molecule has 0 amide bonds. The summed E-state index contributed by atoms with van der Waals surface area (Å²) in [6.45, 7) is 4.82. The summed E-state index contributed by atoms with van der Waals surface area (Å²) in [4.78, 5) is 0. The van der Waals surface area contributed by atoms with Gasteiger partial charge in [-0.25, -0.2) is 0 Å². The lowest BCUT2D eigenvalue weighted by atomic mass is 9.91. The second-order valence-electron chi connectivity index (χ2n) is 6.20. The van der Waals surface area contributed by atoms with Gasteiger partial charge in [0.25, 0.3) is 0 Å². The van der Waals surface area contributed by atoms with Crippen molar-refractivity contribution in [1.82, 2.24) is 0 Å². The van der Waals surface area contributed by atoms with Crippen molar-refractivity contribution in [1.29, 1.82) is 0 Å². The third-order valence-corrected chi connectivity index (χ3v) is 4.54. The fourth-order valence-corrected chi connectivity index (χ4v) is 3.38. The van der Waals surface area contributed by atoms with Crippen LogP contribution in [0.4, 0.5) is 0 Å². The third-order valence-electron chi connectivity index (χ3n) is 4.54. The molecule has 0 spiro atoms. The van der Waals surface area contributed by atoms with E-state index in [1.54, 1.807) is 0 Å². The van der Waals surface area contributed by atoms with E-state index < -0.39 is 6.10 Å². The van der Waals surface area contributed by atoms with Crippen molar-refractivity contribution < 1.29 is 18.9 Å². The van der Waals surface area contributed by atoms with Crippen molar-refractivity contribution in [3.8, 4) is 12.5 Å². The van der Waals surface area contributed by atoms with E-state index in [1.165, 1.54) is 0 Å². The molecule has 132 valence electrons. The number of terminal acetylenes is 1. The smallest absolute Gasteiger partial charge is 0.165 e. The molecule has 1 fully saturated rings. The fraction of sp³-hybridized carbons (Fsp3) is 0.429. The van der Waals surface area contributed by atoms with Crippen molar-refractivity contribution in [2.75, 3.05) is 6.61 Å². The summed E-state index contributed by atoms with van der Waals surface area (Å²) in [7, 11) is 0. The lowest BCUT2D eigenvalue weighted by molar-refractivity contribution is -0.243. The zero-order valence-corrected chi connectivity index (χ0v) is 14.3. The van der Waals surface area contributed by atoms with Crippen molar-refractivity contribution in [2.24, 2.45) is 0 Å². The second kappa shape index (κ2) is 8.87. The van der Waals surface area contributed by atoms with Gasteiger partial charge in [0.05, 0.1) is 19.3 Å². The summed E-state index contributed by atoms with van der Waals surface area (Å²) in [5.74, 6) is 0. The Morgan fingerprint density at radius 1 is 1.24 bits per heavy atom. The van der Waals surface area contributed by atoms with Crippen LogP contribution in [0.15, 0.2) is 55.1 Å². The highest BCUT2D eigenvalue weighted by atomic mass is 16.6. The SMILES string of the molecule is C#CO[C@H]1[C@H](OCc2ccccc2)[C@H]2OCC=CC[C@@H]2O[C@@H]1CC=C. The number of ether oxygens (including phenoxy) is 4. The quantitative estimate of drug-likeness (QED) is 0.588. The van der Waals surface area contributed by atoms with Gasteiger partial charge in [-0.3, -0.25) is 0 Å². The van der Waals surface area contributed by atoms with Gasteiger partial charge in [0, 0.05) is 0 Å². The van der Waals surface area contributed by atoms with Crippen LogP contribution in [-0.4, -0.2) is 37.1 Å². The minimum absolute atomic E-state index is 0.0814. The van der Waals surface area contributed by atoms with Gasteiger partial charge in [-0.2, -0.15) is 0 Å². The second-order valence-corrected chi connectivity index (χ2v) is 6.20. The van der Waals surface area contributed by atoms with Crippen LogP contribution in [0.1, 0.15) is 18.4 Å². The first-order valence-electron chi connectivity index (χ1n) is 8.63. The van der Waals surface area contributed by atoms with Gasteiger partial charge < -0.3 is 18.9 Å². The molecule has 1 aromatic carbocycles. The molecule has 25 heavy (non-hydrogen) atoms. The average Bonchev–Trinajstić information content (AvgIpc) is 2.88. The van der Waals surface area contributed by atoms with E-state index in [2.05, 4.69) is 18.8 Å². The van der Waals surface area contributed by atoms with Crippen LogP contribution in [0.3, 0.4) is 0 Å². The highest BCUT2D eigenvalue weighted by molar-refractivity contribution is 5.14. The summed E-state index contributed by atoms with van der Waals surface area (Å²) in [5.41, 5.74) is 1.09. The molecule has 4 heteroatoms. The van der Waals surface area contributed by atoms with Crippen molar-refractivity contribution in [2.45, 2.75) is 50.0 Å². The van der Waals surface area contributed by atoms with E-state index in [1.807, 2.05) is 42.5 Å². The summed E-state index contributed by atoms with van der Waals surface area (Å²) in [6.07, 6.45) is 13.9. The Balaban J connectivity index is 1.81. The summed E-state index contributed by atoms with van der Waals surface area (Å²) >= 11 is 0. The van der Waals surface area contributed by atoms with Crippen LogP contribution in [0, 0.1) is 12.5 Å². The maximum atomic E-state index is 6.25. The van der Waals surface area contributed by atoms with Gasteiger partial charge in [0.2, 0.25) is 0 Å². The van der Waals surface area contributed by atoms with Crippen molar-refractivity contribution >= 4 is 0 Å². The number of benzene rings is 1. The van der Waals surface area contributed by atoms with E-state index in [0.29, 0.717) is 19.6 Å². The zero-order chi connectivity index (χ0) is 17.5. The maximum Gasteiger partial charge on any atom is 0.165 e. The predicted octanol–water partition coefficient (Wildman–Crippen LogP) is 3.24. The normalized spacial score (nSPS) is 31.4. The molecular weight excluding hydrogens is 316 g/mol. The first-order valence-corrected chi connectivity index (χ1v) is 8.63. The molecule has 3 rings (SSSR count). The van der Waals surface area contributed by atoms with Crippen molar-refractivity contribution in [3.05, 3.63) is 60.7 Å². The molecule has 0 aliphatic carbocycles. The zero-order valence-electron chi connectivity index (χ0n) is 14.3. The van der Waals surface area contributed by atoms with Crippen LogP contribution >= 0.6 is 0 Å². The Hall–Kier alpha value is -2.06. The standard InChI is InChI=1S/C21H24O4/c1-3-10-17-19(22-4-2)21(24-15-16-11-6-5-7-12-16)20-18(25-17)13-8-9-14-23-20/h2-3,5-9,11-12,17-21H,1,10,13-15H2/t17-,18+,19-,20+,21+/m1/s1. The molecule has 4 nitrogen and oxygen atoms in total. The monoisotopic (exact) mass is 340 g/mol. The number of fused-ring (bicyclic) bond motifs is 1. The van der Waals surface area contributed by atoms with E-state index in [0.717, 1.165) is 12.0 Å². The largest absolute Gasteiger partial charge is 0.438 e. The molecule has 0 saturated carbocycles. The number of rotatable bonds is 6. The third kappa shape index (κ3) is 4.32. The summed E-state index contributed by atoms with van der Waals surface area (Å²) in [5, 5.41) is 0. The molecule has 2 heterocycles. The summed E-state index contributed by atoms with van der Waals surface area (Å²) in [6, 6.07) is 10.0. The maximum absolute atomic E-state index is 6.25. The molecule has 0 unspecified atom stereocenters. The first kappa shape index (κ1) is 17.8. The van der Waals surface area contributed by atoms with Crippen LogP contribution in [0.5, 0.6) is 0 Å². The van der Waals surface area contributed by atoms with Gasteiger partial charge in [-0.15, -0.1) is 6.58 Å². The Morgan fingerprint density at radius 3 is 2.84 bits per heavy atom. The molecule has 0 radical (unpaired) electrons. The molecule has 0 N–H and O–H groups in total. The van der Waals surface area contributed by atoms with E-state index in [4.69, 9.17) is 25.4 Å². The molecule has 2 aliphatic rings. The molecule has 1 saturated heterocycles. The lowest BCUT2D eigenvalue weighted by Gasteiger charge is -2.44. The molecule has 2 aliphatic heterocycles. The molecular formula is C21H24O4. The van der Waals surface area contributed by atoms with Crippen LogP contribution < -0.4 is 0 Å². The first-order chi connectivity index (χ1) is 12.3. The topological polar surface area (TPSA) is 36.9 Å². The summed E-state index contributed by atoms with van der Waals surface area (Å²) < 4.78 is 24.0. The Kier molecular flexibility index (Phi) is 6.30. The van der Waals surface area contributed by atoms with Crippen LogP contribution in [0.2, 0.25) is 0 Å². The minimum Gasteiger partial charge on any atom is -0.438 e. The van der Waals surface area contributed by atoms with Crippen molar-refractivity contribution in [3.63, 3.8) is 0 Å². The Bertz CT molecular complexity index is 619. The van der Waals surface area contributed by atoms with Gasteiger partial charge in [-0.05, 0) is 18.4 Å². The van der Waals surface area contributed by atoms with E-state index >= 15 is 0 Å². The van der Waals surface area contributed by atoms with Gasteiger partial charge in [0.1, 0.15) is 24.4 Å². The van der Waals surface area contributed by atoms with E-state index in [-0.39, 0.29) is 24.4 Å². The molecule has 5 atom stereocenters. The Morgan fingerprint density at radius 2 is 2.08 bits per heavy atom. The predicted molar refractivity (Wildman–Crippen MR) is 95.7 cm³/mol. The number of hydrogen-bond donors (Lipinski definition) is 0. The number of hydrogen-bond acceptors (Lipinski definition) is 4. The highest BCUT2D eigenvalue weighted by Crippen LogP contribution is 2.32. The molecule has 0 bridgehead atoms. The molecule has 1 aromatic rings. The van der Waals surface area contributed by atoms with Crippen LogP contribution in [-0.2, 0) is 25.6 Å². The van der Waals surface area contributed by atoms with Gasteiger partial charge in [0.15, 0.2) is 6.10 Å². The average molecular weight is 340 g/mol. The van der Waals surface area contributed by atoms with E-state index in [9.17, 15) is 0 Å². The fourth-order valence-electron chi connectivity index (χ4n) is 3.38. The van der Waals surface area contributed by atoms with Crippen LogP contribution in [0.25, 0.3) is 0 Å².